The summed E-state index contributed by atoms with van der Waals surface area (Å²) in [6.45, 7) is 0.289. The largest absolute Gasteiger partial charge is 0.553 e. The molecule has 0 aliphatic carbocycles. The van der Waals surface area contributed by atoms with Crippen LogP contribution in [0, 0.1) is 0 Å². The molecule has 0 heterocycles. The van der Waals surface area contributed by atoms with E-state index in [0.29, 0.717) is 0 Å². The molecule has 0 saturated carbocycles. The monoisotopic (exact) mass is 256 g/mol. The Morgan fingerprint density at radius 1 is 0.737 bits per heavy atom. The molecule has 2 rings (SSSR count). The third-order valence-electron chi connectivity index (χ3n) is 3.28. The fourth-order valence-corrected chi connectivity index (χ4v) is 2.20. The number of hydrogen-bond donors (Lipinski definition) is 1. The summed E-state index contributed by atoms with van der Waals surface area (Å²) in [6, 6.07) is 16.4. The maximum atomic E-state index is 5.19. The smallest absolute Gasteiger partial charge is 0.190 e. The molecule has 2 aromatic rings. The maximum Gasteiger partial charge on any atom is 0.190 e. The van der Waals surface area contributed by atoms with E-state index in [1.165, 1.54) is 10.9 Å². The molecular weight excluding hydrogens is 237 g/mol. The lowest BCUT2D eigenvalue weighted by Crippen LogP contribution is -2.96. The Bertz CT molecular complexity index is 463. The van der Waals surface area contributed by atoms with Crippen molar-refractivity contribution in [2.45, 2.75) is 0 Å². The van der Waals surface area contributed by atoms with E-state index in [4.69, 9.17) is 9.47 Å². The van der Waals surface area contributed by atoms with Gasteiger partial charge in [0.25, 0.3) is 0 Å². The van der Waals surface area contributed by atoms with Gasteiger partial charge in [0.15, 0.2) is 6.85 Å². The van der Waals surface area contributed by atoms with E-state index < -0.39 is 0 Å². The zero-order chi connectivity index (χ0) is 13.7. The van der Waals surface area contributed by atoms with Gasteiger partial charge >= 0.3 is 0 Å². The molecule has 0 aromatic heterocycles. The molecule has 0 atom stereocenters. The summed E-state index contributed by atoms with van der Waals surface area (Å²) >= 11 is 0. The first-order valence-corrected chi connectivity index (χ1v) is 6.36. The van der Waals surface area contributed by atoms with Crippen molar-refractivity contribution >= 4 is 17.8 Å². The van der Waals surface area contributed by atoms with Gasteiger partial charge in [-0.2, -0.15) is 10.9 Å². The highest BCUT2D eigenvalue weighted by atomic mass is 16.5. The van der Waals surface area contributed by atoms with Gasteiger partial charge in [-0.05, 0) is 24.3 Å². The predicted octanol–water partition coefficient (Wildman–Crippen LogP) is 0.00270. The van der Waals surface area contributed by atoms with Crippen LogP contribution in [0.2, 0.25) is 0 Å². The fraction of sp³-hybridized carbons (Fsp3) is 0.200. The molecule has 0 bridgehead atoms. The van der Waals surface area contributed by atoms with E-state index in [9.17, 15) is 0 Å². The molecule has 2 N–H and O–H groups in total. The van der Waals surface area contributed by atoms with Crippen LogP contribution in [0.3, 0.4) is 0 Å². The summed E-state index contributed by atoms with van der Waals surface area (Å²) in [5.41, 5.74) is 2.52. The number of quaternary nitrogens is 1. The molecule has 3 nitrogen and oxygen atoms in total. The molecule has 0 aliphatic heterocycles. The van der Waals surface area contributed by atoms with E-state index in [1.807, 2.05) is 24.3 Å². The average Bonchev–Trinajstić information content (AvgIpc) is 2.49. The summed E-state index contributed by atoms with van der Waals surface area (Å²) in [5, 5.41) is 2.20. The Labute approximate surface area is 114 Å². The molecule has 99 valence electrons. The van der Waals surface area contributed by atoms with Gasteiger partial charge in [0.1, 0.15) is 11.5 Å². The standard InChI is InChI=1S/C15H19BNO2/c1-17-16(12-4-8-14(18-2)9-5-12)13-6-10-15(19-3)11-7-13/h4-11H,17H2,1-3H3. The van der Waals surface area contributed by atoms with Crippen LogP contribution in [-0.2, 0) is 0 Å². The lowest BCUT2D eigenvalue weighted by atomic mass is 9.51. The highest BCUT2D eigenvalue weighted by Crippen LogP contribution is 2.07. The van der Waals surface area contributed by atoms with Gasteiger partial charge < -0.3 is 14.7 Å². The zero-order valence-corrected chi connectivity index (χ0v) is 11.6. The van der Waals surface area contributed by atoms with Crippen molar-refractivity contribution in [2.24, 2.45) is 0 Å². The first-order valence-electron chi connectivity index (χ1n) is 6.36. The number of benzene rings is 2. The van der Waals surface area contributed by atoms with Crippen LogP contribution >= 0.6 is 0 Å². The van der Waals surface area contributed by atoms with Gasteiger partial charge in [-0.3, -0.25) is 0 Å². The van der Waals surface area contributed by atoms with Crippen molar-refractivity contribution in [3.63, 3.8) is 0 Å². The molecule has 0 unspecified atom stereocenters. The summed E-state index contributed by atoms with van der Waals surface area (Å²) < 4.78 is 10.4. The quantitative estimate of drug-likeness (QED) is 0.764. The Morgan fingerprint density at radius 3 is 1.37 bits per heavy atom. The van der Waals surface area contributed by atoms with Crippen molar-refractivity contribution < 1.29 is 14.7 Å². The molecular formula is C15H19BNO2. The molecule has 0 amide bonds. The second kappa shape index (κ2) is 6.30. The minimum Gasteiger partial charge on any atom is -0.553 e. The number of ether oxygens (including phenoxy) is 2. The van der Waals surface area contributed by atoms with E-state index in [2.05, 4.69) is 36.5 Å². The van der Waals surface area contributed by atoms with Gasteiger partial charge in [0, 0.05) is 7.05 Å². The molecule has 0 spiro atoms. The maximum absolute atomic E-state index is 5.19. The van der Waals surface area contributed by atoms with Crippen LogP contribution in [0.1, 0.15) is 0 Å². The normalized spacial score (nSPS) is 10.5. The van der Waals surface area contributed by atoms with E-state index in [1.54, 1.807) is 14.2 Å². The number of methoxy groups -OCH3 is 2. The van der Waals surface area contributed by atoms with Gasteiger partial charge in [-0.25, -0.2) is 0 Å². The third-order valence-corrected chi connectivity index (χ3v) is 3.28. The summed E-state index contributed by atoms with van der Waals surface area (Å²) in [6.07, 6.45) is 0. The number of hydrogen-bond acceptors (Lipinski definition) is 2. The lowest BCUT2D eigenvalue weighted by molar-refractivity contribution is -0.483. The van der Waals surface area contributed by atoms with Gasteiger partial charge in [-0.15, -0.1) is 0 Å². The van der Waals surface area contributed by atoms with Gasteiger partial charge in [-0.1, -0.05) is 24.3 Å². The molecule has 4 heteroatoms. The summed E-state index contributed by atoms with van der Waals surface area (Å²) in [4.78, 5) is 0. The summed E-state index contributed by atoms with van der Waals surface area (Å²) in [5.74, 6) is 1.77. The first-order chi connectivity index (χ1) is 9.28. The predicted molar refractivity (Wildman–Crippen MR) is 78.9 cm³/mol. The molecule has 1 radical (unpaired) electrons. The van der Waals surface area contributed by atoms with Gasteiger partial charge in [0.2, 0.25) is 0 Å². The second-order valence-corrected chi connectivity index (χ2v) is 4.36. The highest BCUT2D eigenvalue weighted by Gasteiger charge is 2.08. The van der Waals surface area contributed by atoms with Crippen LogP contribution in [0.4, 0.5) is 0 Å². The molecule has 19 heavy (non-hydrogen) atoms. The summed E-state index contributed by atoms with van der Waals surface area (Å²) in [7, 11) is 5.45. The lowest BCUT2D eigenvalue weighted by Gasteiger charge is -2.23. The molecule has 0 aliphatic rings. The second-order valence-electron chi connectivity index (χ2n) is 4.36. The van der Waals surface area contributed by atoms with E-state index in [-0.39, 0.29) is 6.85 Å². The zero-order valence-electron chi connectivity index (χ0n) is 11.6. The number of rotatable bonds is 5. The third kappa shape index (κ3) is 3.09. The Kier molecular flexibility index (Phi) is 4.47. The van der Waals surface area contributed by atoms with Crippen molar-refractivity contribution in [3.8, 4) is 11.5 Å². The topological polar surface area (TPSA) is 35.1 Å². The van der Waals surface area contributed by atoms with Crippen molar-refractivity contribution in [1.29, 1.82) is 0 Å². The molecule has 0 saturated heterocycles. The van der Waals surface area contributed by atoms with Crippen LogP contribution < -0.4 is 25.6 Å². The Morgan fingerprint density at radius 2 is 1.11 bits per heavy atom. The first kappa shape index (κ1) is 13.5. The minimum absolute atomic E-state index is 0.289. The minimum atomic E-state index is 0.289. The Balaban J connectivity index is 2.26. The van der Waals surface area contributed by atoms with E-state index in [0.717, 1.165) is 11.5 Å². The van der Waals surface area contributed by atoms with Gasteiger partial charge in [0.05, 0.1) is 14.2 Å². The van der Waals surface area contributed by atoms with Crippen LogP contribution in [0.15, 0.2) is 48.5 Å². The van der Waals surface area contributed by atoms with Crippen molar-refractivity contribution in [2.75, 3.05) is 21.3 Å². The number of nitrogens with two attached hydrogens (primary N) is 1. The van der Waals surface area contributed by atoms with Crippen LogP contribution in [0.5, 0.6) is 11.5 Å². The van der Waals surface area contributed by atoms with Crippen molar-refractivity contribution in [3.05, 3.63) is 48.5 Å². The van der Waals surface area contributed by atoms with Crippen LogP contribution in [-0.4, -0.2) is 28.1 Å². The highest BCUT2D eigenvalue weighted by molar-refractivity contribution is 6.77. The molecule has 0 fully saturated rings. The fourth-order valence-electron chi connectivity index (χ4n) is 2.20. The SMILES string of the molecule is C[NH2+][B-](c1ccc(OC)cc1)c1ccc(OC)cc1. The molecule has 2 aromatic carbocycles. The van der Waals surface area contributed by atoms with E-state index >= 15 is 0 Å². The Hall–Kier alpha value is -1.94. The average molecular weight is 256 g/mol. The van der Waals surface area contributed by atoms with Crippen molar-refractivity contribution in [1.82, 2.24) is 0 Å². The van der Waals surface area contributed by atoms with Crippen LogP contribution in [0.25, 0.3) is 0 Å².